The third kappa shape index (κ3) is 3.92. The number of benzene rings is 1. The number of carbonyl (C=O) groups is 3. The van der Waals surface area contributed by atoms with Gasteiger partial charge in [-0.1, -0.05) is 6.07 Å². The van der Waals surface area contributed by atoms with E-state index in [0.29, 0.717) is 0 Å². The van der Waals surface area contributed by atoms with Crippen molar-refractivity contribution < 1.29 is 23.9 Å². The Hall–Kier alpha value is -1.55. The minimum atomic E-state index is -0.945. The van der Waals surface area contributed by atoms with Crippen molar-refractivity contribution in [2.24, 2.45) is 0 Å². The molecule has 24 heavy (non-hydrogen) atoms. The molecule has 1 atom stereocenters. The van der Waals surface area contributed by atoms with Crippen molar-refractivity contribution >= 4 is 57.5 Å². The normalized spacial score (nSPS) is 17.3. The molecule has 0 unspecified atom stereocenters. The molecule has 128 valence electrons. The van der Waals surface area contributed by atoms with Crippen LogP contribution in [-0.4, -0.2) is 41.8 Å². The number of esters is 1. The monoisotopic (exact) mass is 461 g/mol. The molecule has 8 heteroatoms. The summed E-state index contributed by atoms with van der Waals surface area (Å²) in [5.41, 5.74) is 0.773. The van der Waals surface area contributed by atoms with E-state index in [1.54, 1.807) is 32.2 Å². The van der Waals surface area contributed by atoms with Crippen molar-refractivity contribution in [1.29, 1.82) is 0 Å². The van der Waals surface area contributed by atoms with Gasteiger partial charge >= 0.3 is 5.97 Å². The number of amides is 2. The fourth-order valence-electron chi connectivity index (χ4n) is 2.11. The van der Waals surface area contributed by atoms with Crippen molar-refractivity contribution in [2.45, 2.75) is 19.9 Å². The number of halogens is 1. The van der Waals surface area contributed by atoms with Gasteiger partial charge in [0, 0.05) is 0 Å². The van der Waals surface area contributed by atoms with E-state index in [1.807, 2.05) is 6.07 Å². The summed E-state index contributed by atoms with van der Waals surface area (Å²) in [5.74, 6) is -0.354. The topological polar surface area (TPSA) is 72.9 Å². The number of carbonyl (C=O) groups excluding carboxylic acids is 3. The Morgan fingerprint density at radius 3 is 2.71 bits per heavy atom. The van der Waals surface area contributed by atoms with Gasteiger partial charge in [0.15, 0.2) is 0 Å². The number of nitrogens with zero attached hydrogens (tertiary/aromatic N) is 1. The lowest BCUT2D eigenvalue weighted by Gasteiger charge is -2.19. The summed E-state index contributed by atoms with van der Waals surface area (Å²) in [6.07, 6.45) is 1.63. The van der Waals surface area contributed by atoms with Gasteiger partial charge in [0.05, 0.1) is 22.2 Å². The summed E-state index contributed by atoms with van der Waals surface area (Å²) >= 11 is 2.94. The molecule has 0 N–H and O–H groups in total. The molecular weight excluding hydrogens is 445 g/mol. The highest BCUT2D eigenvalue weighted by Gasteiger charge is 2.41. The van der Waals surface area contributed by atoms with Gasteiger partial charge in [-0.3, -0.25) is 14.5 Å². The molecular formula is C16H16INO5S. The summed E-state index contributed by atoms with van der Waals surface area (Å²) in [7, 11) is 1.58. The van der Waals surface area contributed by atoms with Gasteiger partial charge in [-0.15, -0.1) is 0 Å². The Labute approximate surface area is 157 Å². The zero-order valence-electron chi connectivity index (χ0n) is 13.4. The molecule has 1 saturated heterocycles. The highest BCUT2D eigenvalue weighted by molar-refractivity contribution is 14.1. The van der Waals surface area contributed by atoms with Crippen LogP contribution in [0.5, 0.6) is 5.75 Å². The summed E-state index contributed by atoms with van der Waals surface area (Å²) in [6.45, 7) is 3.34. The summed E-state index contributed by atoms with van der Waals surface area (Å²) in [5, 5.41) is -0.477. The number of hydrogen-bond donors (Lipinski definition) is 0. The van der Waals surface area contributed by atoms with E-state index < -0.39 is 23.2 Å². The van der Waals surface area contributed by atoms with Crippen molar-refractivity contribution in [3.8, 4) is 5.75 Å². The predicted molar refractivity (Wildman–Crippen MR) is 99.6 cm³/mol. The quantitative estimate of drug-likeness (QED) is 0.381. The zero-order chi connectivity index (χ0) is 17.9. The molecule has 0 aromatic heterocycles. The second-order valence-corrected chi connectivity index (χ2v) is 7.03. The average molecular weight is 461 g/mol. The van der Waals surface area contributed by atoms with E-state index in [9.17, 15) is 14.4 Å². The maximum atomic E-state index is 12.5. The number of hydrogen-bond acceptors (Lipinski definition) is 6. The third-order valence-electron chi connectivity index (χ3n) is 3.31. The summed E-state index contributed by atoms with van der Waals surface area (Å²) < 4.78 is 11.0. The van der Waals surface area contributed by atoms with E-state index in [2.05, 4.69) is 22.6 Å². The fourth-order valence-corrected chi connectivity index (χ4v) is 3.77. The van der Waals surface area contributed by atoms with Crippen molar-refractivity contribution in [3.63, 3.8) is 0 Å². The lowest BCUT2D eigenvalue weighted by molar-refractivity contribution is -0.150. The summed E-state index contributed by atoms with van der Waals surface area (Å²) in [6, 6.07) is 4.49. The molecule has 0 aliphatic carbocycles. The second kappa shape index (κ2) is 8.02. The van der Waals surface area contributed by atoms with Crippen molar-refractivity contribution in [3.05, 3.63) is 32.2 Å². The lowest BCUT2D eigenvalue weighted by Crippen LogP contribution is -2.42. The maximum Gasteiger partial charge on any atom is 0.329 e. The van der Waals surface area contributed by atoms with E-state index >= 15 is 0 Å². The number of methoxy groups -OCH3 is 1. The average Bonchev–Trinajstić information content (AvgIpc) is 2.81. The van der Waals surface area contributed by atoms with Gasteiger partial charge in [0.25, 0.3) is 11.1 Å². The highest BCUT2D eigenvalue weighted by Crippen LogP contribution is 2.34. The molecule has 1 aromatic carbocycles. The SMILES string of the molecule is CCOC(=O)[C@H](C)N1C(=O)S/C(=C/c2ccc(OC)c(I)c2)C1=O. The molecule has 1 heterocycles. The van der Waals surface area contributed by atoms with Crippen LogP contribution in [0.3, 0.4) is 0 Å². The minimum absolute atomic E-state index is 0.194. The second-order valence-electron chi connectivity index (χ2n) is 4.87. The van der Waals surface area contributed by atoms with Gasteiger partial charge in [-0.25, -0.2) is 4.79 Å². The van der Waals surface area contributed by atoms with Gasteiger partial charge in [-0.05, 0) is 72.0 Å². The zero-order valence-corrected chi connectivity index (χ0v) is 16.3. The Morgan fingerprint density at radius 2 is 2.12 bits per heavy atom. The van der Waals surface area contributed by atoms with E-state index in [-0.39, 0.29) is 11.5 Å². The first-order valence-corrected chi connectivity index (χ1v) is 9.05. The van der Waals surface area contributed by atoms with Crippen LogP contribution in [0.15, 0.2) is 23.1 Å². The van der Waals surface area contributed by atoms with Crippen LogP contribution < -0.4 is 4.74 Å². The van der Waals surface area contributed by atoms with Crippen LogP contribution >= 0.6 is 34.4 Å². The summed E-state index contributed by atoms with van der Waals surface area (Å²) in [4.78, 5) is 37.6. The molecule has 2 rings (SSSR count). The number of rotatable bonds is 5. The molecule has 6 nitrogen and oxygen atoms in total. The van der Waals surface area contributed by atoms with E-state index in [4.69, 9.17) is 9.47 Å². The Balaban J connectivity index is 2.24. The molecule has 1 aromatic rings. The molecule has 1 aliphatic heterocycles. The first-order chi connectivity index (χ1) is 11.4. The molecule has 1 fully saturated rings. The van der Waals surface area contributed by atoms with Crippen molar-refractivity contribution in [2.75, 3.05) is 13.7 Å². The molecule has 2 amide bonds. The Kier molecular flexibility index (Phi) is 6.27. The standard InChI is InChI=1S/C16H16INO5S/c1-4-23-15(20)9(2)18-14(19)13(24-16(18)21)8-10-5-6-12(22-3)11(17)7-10/h5-9H,4H2,1-3H3/b13-8+/t9-/m0/s1. The molecule has 0 saturated carbocycles. The minimum Gasteiger partial charge on any atom is -0.496 e. The fraction of sp³-hybridized carbons (Fsp3) is 0.312. The lowest BCUT2D eigenvalue weighted by atomic mass is 10.2. The van der Waals surface area contributed by atoms with E-state index in [0.717, 1.165) is 31.5 Å². The van der Waals surface area contributed by atoms with Gasteiger partial charge < -0.3 is 9.47 Å². The van der Waals surface area contributed by atoms with Crippen LogP contribution in [0.25, 0.3) is 6.08 Å². The van der Waals surface area contributed by atoms with E-state index in [1.165, 1.54) is 6.92 Å². The Morgan fingerprint density at radius 1 is 1.42 bits per heavy atom. The predicted octanol–water partition coefficient (Wildman–Crippen LogP) is 3.29. The largest absolute Gasteiger partial charge is 0.496 e. The van der Waals surface area contributed by atoms with Crippen LogP contribution in [0, 0.1) is 3.57 Å². The number of thioether (sulfide) groups is 1. The number of imide groups is 1. The third-order valence-corrected chi connectivity index (χ3v) is 5.04. The first kappa shape index (κ1) is 18.8. The highest BCUT2D eigenvalue weighted by atomic mass is 127. The van der Waals surface area contributed by atoms with Gasteiger partial charge in [0.2, 0.25) is 0 Å². The first-order valence-electron chi connectivity index (χ1n) is 7.16. The number of ether oxygens (including phenoxy) is 2. The van der Waals surface area contributed by atoms with Crippen LogP contribution in [0.1, 0.15) is 19.4 Å². The van der Waals surface area contributed by atoms with Crippen LogP contribution in [0.2, 0.25) is 0 Å². The molecule has 0 spiro atoms. The van der Waals surface area contributed by atoms with Crippen molar-refractivity contribution in [1.82, 2.24) is 4.90 Å². The Bertz CT molecular complexity index is 718. The maximum absolute atomic E-state index is 12.5. The molecule has 0 radical (unpaired) electrons. The smallest absolute Gasteiger partial charge is 0.329 e. The van der Waals surface area contributed by atoms with Gasteiger partial charge in [-0.2, -0.15) is 0 Å². The van der Waals surface area contributed by atoms with Crippen LogP contribution in [-0.2, 0) is 14.3 Å². The van der Waals surface area contributed by atoms with Gasteiger partial charge in [0.1, 0.15) is 11.8 Å². The van der Waals surface area contributed by atoms with Crippen LogP contribution in [0.4, 0.5) is 4.79 Å². The molecule has 0 bridgehead atoms. The molecule has 1 aliphatic rings.